The molecule has 0 radical (unpaired) electrons. The smallest absolute Gasteiger partial charge is 0.298 e. The Morgan fingerprint density at radius 1 is 1.33 bits per heavy atom. The average molecular weight is 255 g/mol. The van der Waals surface area contributed by atoms with Gasteiger partial charge in [-0.1, -0.05) is 23.3 Å². The number of carbonyl (C=O) groups excluding carboxylic acids is 1. The molecule has 94 valence electrons. The summed E-state index contributed by atoms with van der Waals surface area (Å²) in [5.41, 5.74) is 7.43. The number of alkyl halides is 3. The molecule has 1 aromatic rings. The molecule has 0 aromatic heterocycles. The first kappa shape index (κ1) is 13.8. The minimum atomic E-state index is -4.48. The van der Waals surface area contributed by atoms with Crippen molar-refractivity contribution in [1.82, 2.24) is 0 Å². The zero-order chi connectivity index (χ0) is 13.6. The number of hydrogen-bond acceptors (Lipinski definition) is 2. The van der Waals surface area contributed by atoms with E-state index in [0.29, 0.717) is 11.8 Å². The Morgan fingerprint density at radius 3 is 2.61 bits per heavy atom. The maximum atomic E-state index is 12.4. The molecule has 4 nitrogen and oxygen atoms in total. The number of halogens is 3. The third-order valence-corrected chi connectivity index (χ3v) is 2.09. The quantitative estimate of drug-likeness (QED) is 0.349. The van der Waals surface area contributed by atoms with Gasteiger partial charge < -0.3 is 0 Å². The van der Waals surface area contributed by atoms with Crippen LogP contribution in [0.2, 0.25) is 0 Å². The third-order valence-electron chi connectivity index (χ3n) is 2.09. The number of carbonyl (C=O) groups is 1. The van der Waals surface area contributed by atoms with Crippen LogP contribution in [0, 0.1) is 0 Å². The Balaban J connectivity index is 3.04. The van der Waals surface area contributed by atoms with E-state index in [-0.39, 0.29) is 12.1 Å². The molecule has 0 N–H and O–H groups in total. The van der Waals surface area contributed by atoms with Gasteiger partial charge in [-0.25, -0.2) is 0 Å². The van der Waals surface area contributed by atoms with Crippen LogP contribution in [0.5, 0.6) is 0 Å². The van der Waals surface area contributed by atoms with Crippen molar-refractivity contribution in [2.75, 3.05) is 6.54 Å². The molecule has 0 spiro atoms. The number of hydrogen-bond donors (Lipinski definition) is 0. The second-order valence-electron chi connectivity index (χ2n) is 3.28. The van der Waals surface area contributed by atoms with Gasteiger partial charge in [-0.3, -0.25) is 4.79 Å². The second-order valence-corrected chi connectivity index (χ2v) is 3.28. The van der Waals surface area contributed by atoms with Crippen molar-refractivity contribution in [3.8, 4) is 0 Å². The lowest BCUT2D eigenvalue weighted by atomic mass is 10.0. The molecule has 0 saturated heterocycles. The lowest BCUT2D eigenvalue weighted by molar-refractivity contribution is -0.137. The van der Waals surface area contributed by atoms with E-state index < -0.39 is 11.7 Å². The Hall–Kier alpha value is -2.27. The molecule has 18 heavy (non-hydrogen) atoms. The first-order valence-electron chi connectivity index (χ1n) is 4.83. The standard InChI is InChI=1S/C11H8F3N3O/c12-11(13,14)10-4-3-8(9(6-10)7-18)2-1-5-16-17-15/h1-4,6-7H,5H2. The van der Waals surface area contributed by atoms with Gasteiger partial charge in [0.05, 0.1) is 5.56 Å². The van der Waals surface area contributed by atoms with Crippen LogP contribution in [0.1, 0.15) is 21.5 Å². The lowest BCUT2D eigenvalue weighted by Crippen LogP contribution is -2.05. The summed E-state index contributed by atoms with van der Waals surface area (Å²) < 4.78 is 37.2. The van der Waals surface area contributed by atoms with Gasteiger partial charge in [0.15, 0.2) is 6.29 Å². The van der Waals surface area contributed by atoms with Crippen molar-refractivity contribution in [2.24, 2.45) is 5.11 Å². The number of aldehydes is 1. The van der Waals surface area contributed by atoms with Crippen LogP contribution in [-0.2, 0) is 6.18 Å². The number of rotatable bonds is 4. The summed E-state index contributed by atoms with van der Waals surface area (Å²) >= 11 is 0. The maximum absolute atomic E-state index is 12.4. The Morgan fingerprint density at radius 2 is 2.06 bits per heavy atom. The summed E-state index contributed by atoms with van der Waals surface area (Å²) in [5, 5.41) is 3.22. The summed E-state index contributed by atoms with van der Waals surface area (Å²) in [4.78, 5) is 13.2. The molecule has 1 aromatic carbocycles. The molecule has 7 heteroatoms. The molecule has 0 amide bonds. The normalized spacial score (nSPS) is 11.3. The van der Waals surface area contributed by atoms with Crippen LogP contribution in [-0.4, -0.2) is 12.8 Å². The zero-order valence-corrected chi connectivity index (χ0v) is 9.05. The first-order valence-corrected chi connectivity index (χ1v) is 4.83. The van der Waals surface area contributed by atoms with Gasteiger partial charge in [-0.2, -0.15) is 13.2 Å². The summed E-state index contributed by atoms with van der Waals surface area (Å²) in [6.45, 7) is 0.0653. The van der Waals surface area contributed by atoms with Crippen molar-refractivity contribution in [2.45, 2.75) is 6.18 Å². The predicted molar refractivity (Wildman–Crippen MR) is 59.9 cm³/mol. The lowest BCUT2D eigenvalue weighted by Gasteiger charge is -2.08. The predicted octanol–water partition coefficient (Wildman–Crippen LogP) is 3.84. The van der Waals surface area contributed by atoms with Gasteiger partial charge in [0.25, 0.3) is 0 Å². The van der Waals surface area contributed by atoms with E-state index in [9.17, 15) is 18.0 Å². The molecular weight excluding hydrogens is 247 g/mol. The van der Waals surface area contributed by atoms with Crippen molar-refractivity contribution < 1.29 is 18.0 Å². The summed E-state index contributed by atoms with van der Waals surface area (Å²) in [7, 11) is 0. The summed E-state index contributed by atoms with van der Waals surface area (Å²) in [5.74, 6) is 0. The fourth-order valence-electron chi connectivity index (χ4n) is 1.27. The molecule has 0 saturated carbocycles. The van der Waals surface area contributed by atoms with E-state index in [1.54, 1.807) is 0 Å². The molecule has 0 bridgehead atoms. The van der Waals surface area contributed by atoms with Gasteiger partial charge in [-0.05, 0) is 23.2 Å². The highest BCUT2D eigenvalue weighted by atomic mass is 19.4. The maximum Gasteiger partial charge on any atom is 0.416 e. The third kappa shape index (κ3) is 3.64. The monoisotopic (exact) mass is 255 g/mol. The van der Waals surface area contributed by atoms with E-state index in [1.807, 2.05) is 0 Å². The topological polar surface area (TPSA) is 65.8 Å². The fourth-order valence-corrected chi connectivity index (χ4v) is 1.27. The molecule has 0 aliphatic carbocycles. The molecule has 1 rings (SSSR count). The Bertz CT molecular complexity index is 517. The molecule has 0 heterocycles. The number of benzene rings is 1. The minimum Gasteiger partial charge on any atom is -0.298 e. The second kappa shape index (κ2) is 5.88. The Kier molecular flexibility index (Phi) is 4.51. The van der Waals surface area contributed by atoms with Crippen molar-refractivity contribution in [3.63, 3.8) is 0 Å². The number of azide groups is 1. The minimum absolute atomic E-state index is 0.0653. The highest BCUT2D eigenvalue weighted by Crippen LogP contribution is 2.30. The van der Waals surface area contributed by atoms with E-state index >= 15 is 0 Å². The molecule has 0 aliphatic rings. The van der Waals surface area contributed by atoms with E-state index in [4.69, 9.17) is 5.53 Å². The van der Waals surface area contributed by atoms with Gasteiger partial charge in [-0.15, -0.1) is 0 Å². The largest absolute Gasteiger partial charge is 0.416 e. The van der Waals surface area contributed by atoms with Gasteiger partial charge in [0.2, 0.25) is 0 Å². The van der Waals surface area contributed by atoms with E-state index in [2.05, 4.69) is 10.0 Å². The van der Waals surface area contributed by atoms with Gasteiger partial charge in [0, 0.05) is 17.0 Å². The first-order chi connectivity index (χ1) is 8.49. The molecule has 0 unspecified atom stereocenters. The summed E-state index contributed by atoms with van der Waals surface area (Å²) in [6, 6.07) is 2.86. The average Bonchev–Trinajstić information content (AvgIpc) is 2.33. The van der Waals surface area contributed by atoms with E-state index in [0.717, 1.165) is 12.1 Å². The highest BCUT2D eigenvalue weighted by molar-refractivity contribution is 5.82. The van der Waals surface area contributed by atoms with Crippen molar-refractivity contribution >= 4 is 12.4 Å². The van der Waals surface area contributed by atoms with Crippen molar-refractivity contribution in [1.29, 1.82) is 0 Å². The van der Waals surface area contributed by atoms with Gasteiger partial charge in [0.1, 0.15) is 0 Å². The summed E-state index contributed by atoms with van der Waals surface area (Å²) in [6.07, 6.45) is -1.25. The Labute approximate surface area is 100 Å². The zero-order valence-electron chi connectivity index (χ0n) is 9.05. The SMILES string of the molecule is [N-]=[N+]=NCC=Cc1ccc(C(F)(F)F)cc1C=O. The number of nitrogens with zero attached hydrogens (tertiary/aromatic N) is 3. The van der Waals surface area contributed by atoms with Crippen LogP contribution in [0.4, 0.5) is 13.2 Å². The molecular formula is C11H8F3N3O. The highest BCUT2D eigenvalue weighted by Gasteiger charge is 2.30. The van der Waals surface area contributed by atoms with Gasteiger partial charge >= 0.3 is 6.18 Å². The van der Waals surface area contributed by atoms with Crippen LogP contribution < -0.4 is 0 Å². The van der Waals surface area contributed by atoms with E-state index in [1.165, 1.54) is 18.2 Å². The van der Waals surface area contributed by atoms with Crippen LogP contribution in [0.15, 0.2) is 29.4 Å². The molecule has 0 aliphatic heterocycles. The molecule has 0 fully saturated rings. The molecule has 0 atom stereocenters. The van der Waals surface area contributed by atoms with Crippen LogP contribution >= 0.6 is 0 Å². The van der Waals surface area contributed by atoms with Crippen LogP contribution in [0.3, 0.4) is 0 Å². The van der Waals surface area contributed by atoms with Crippen LogP contribution in [0.25, 0.3) is 16.5 Å². The van der Waals surface area contributed by atoms with Crippen molar-refractivity contribution in [3.05, 3.63) is 51.4 Å². The fraction of sp³-hybridized carbons (Fsp3) is 0.182.